The summed E-state index contributed by atoms with van der Waals surface area (Å²) in [5, 5.41) is 3.28. The highest BCUT2D eigenvalue weighted by molar-refractivity contribution is 7.98. The van der Waals surface area contributed by atoms with Gasteiger partial charge in [0.2, 0.25) is 0 Å². The first-order chi connectivity index (χ1) is 8.67. The van der Waals surface area contributed by atoms with Gasteiger partial charge in [0.15, 0.2) is 0 Å². The van der Waals surface area contributed by atoms with Gasteiger partial charge in [0.1, 0.15) is 5.01 Å². The Bertz CT molecular complexity index is 343. The van der Waals surface area contributed by atoms with Crippen molar-refractivity contribution in [2.45, 2.75) is 44.7 Å². The summed E-state index contributed by atoms with van der Waals surface area (Å²) in [6.07, 6.45) is 4.45. The predicted molar refractivity (Wildman–Crippen MR) is 84.9 cm³/mol. The topological polar surface area (TPSA) is 16.1 Å². The Balaban J connectivity index is 2.80. The van der Waals surface area contributed by atoms with Gasteiger partial charge in [-0.2, -0.15) is 11.8 Å². The van der Waals surface area contributed by atoms with Crippen LogP contribution in [0.4, 0.5) is 0 Å². The van der Waals surface area contributed by atoms with E-state index in [1.165, 1.54) is 17.2 Å². The minimum absolute atomic E-state index is 0.420. The van der Waals surface area contributed by atoms with Crippen LogP contribution in [-0.2, 0) is 5.88 Å². The fourth-order valence-corrected chi connectivity index (χ4v) is 4.28. The maximum atomic E-state index is 5.83. The lowest BCUT2D eigenvalue weighted by Crippen LogP contribution is -2.36. The molecule has 0 aromatic carbocycles. The predicted octanol–water partition coefficient (Wildman–Crippen LogP) is 4.41. The minimum Gasteiger partial charge on any atom is -0.293 e. The summed E-state index contributed by atoms with van der Waals surface area (Å²) in [5.74, 6) is 1.69. The standard InChI is InChI=1S/C13H23ClN2S2/c1-5-11(9-17-4)16(3)12(6-2)13-15-10(7-14)8-18-13/h8,11-12H,5-7,9H2,1-4H3. The van der Waals surface area contributed by atoms with Crippen LogP contribution in [0.3, 0.4) is 0 Å². The quantitative estimate of drug-likeness (QED) is 0.662. The lowest BCUT2D eigenvalue weighted by atomic mass is 10.1. The van der Waals surface area contributed by atoms with Crippen LogP contribution < -0.4 is 0 Å². The number of rotatable bonds is 8. The highest BCUT2D eigenvalue weighted by Crippen LogP contribution is 2.29. The number of thiazole rings is 1. The monoisotopic (exact) mass is 306 g/mol. The molecule has 0 bridgehead atoms. The van der Waals surface area contributed by atoms with Crippen molar-refractivity contribution in [2.24, 2.45) is 0 Å². The van der Waals surface area contributed by atoms with Gasteiger partial charge in [-0.15, -0.1) is 22.9 Å². The van der Waals surface area contributed by atoms with Crippen molar-refractivity contribution >= 4 is 34.7 Å². The molecule has 0 saturated heterocycles. The van der Waals surface area contributed by atoms with Gasteiger partial charge in [-0.1, -0.05) is 13.8 Å². The highest BCUT2D eigenvalue weighted by atomic mass is 35.5. The molecule has 0 saturated carbocycles. The Morgan fingerprint density at radius 3 is 2.61 bits per heavy atom. The molecule has 0 aliphatic rings. The zero-order valence-corrected chi connectivity index (χ0v) is 14.0. The lowest BCUT2D eigenvalue weighted by molar-refractivity contribution is 0.178. The van der Waals surface area contributed by atoms with Gasteiger partial charge in [0.05, 0.1) is 17.6 Å². The Kier molecular flexibility index (Phi) is 7.61. The van der Waals surface area contributed by atoms with Gasteiger partial charge in [-0.05, 0) is 26.1 Å². The first kappa shape index (κ1) is 16.3. The van der Waals surface area contributed by atoms with E-state index in [1.54, 1.807) is 11.3 Å². The molecule has 0 aliphatic carbocycles. The summed E-state index contributed by atoms with van der Waals surface area (Å²) in [4.78, 5) is 7.12. The molecule has 1 rings (SSSR count). The van der Waals surface area contributed by atoms with Crippen molar-refractivity contribution < 1.29 is 0 Å². The van der Waals surface area contributed by atoms with Crippen molar-refractivity contribution in [3.8, 4) is 0 Å². The molecule has 2 atom stereocenters. The maximum absolute atomic E-state index is 5.83. The van der Waals surface area contributed by atoms with Crippen LogP contribution in [0, 0.1) is 0 Å². The maximum Gasteiger partial charge on any atom is 0.110 e. The zero-order chi connectivity index (χ0) is 13.5. The average molecular weight is 307 g/mol. The average Bonchev–Trinajstić information content (AvgIpc) is 2.85. The van der Waals surface area contributed by atoms with Gasteiger partial charge < -0.3 is 0 Å². The van der Waals surface area contributed by atoms with E-state index >= 15 is 0 Å². The SMILES string of the molecule is CCC(CSC)N(C)C(CC)c1nc(CCl)cs1. The molecule has 2 nitrogen and oxygen atoms in total. The van der Waals surface area contributed by atoms with Gasteiger partial charge in [-0.25, -0.2) is 4.98 Å². The van der Waals surface area contributed by atoms with Gasteiger partial charge >= 0.3 is 0 Å². The summed E-state index contributed by atoms with van der Waals surface area (Å²) in [6.45, 7) is 4.49. The molecular weight excluding hydrogens is 284 g/mol. The molecule has 18 heavy (non-hydrogen) atoms. The van der Waals surface area contributed by atoms with E-state index in [1.807, 2.05) is 11.8 Å². The van der Waals surface area contributed by atoms with Crippen LogP contribution in [0.5, 0.6) is 0 Å². The summed E-state index contributed by atoms with van der Waals surface area (Å²) >= 11 is 9.49. The molecule has 0 spiro atoms. The molecule has 1 aromatic heterocycles. The van der Waals surface area contributed by atoms with Crippen molar-refractivity contribution in [1.82, 2.24) is 9.88 Å². The van der Waals surface area contributed by atoms with Crippen LogP contribution in [0.2, 0.25) is 0 Å². The lowest BCUT2D eigenvalue weighted by Gasteiger charge is -2.32. The number of hydrogen-bond donors (Lipinski definition) is 0. The number of thioether (sulfide) groups is 1. The second-order valence-corrected chi connectivity index (χ2v) is 6.49. The van der Waals surface area contributed by atoms with Crippen molar-refractivity contribution in [3.63, 3.8) is 0 Å². The number of alkyl halides is 1. The van der Waals surface area contributed by atoms with E-state index in [-0.39, 0.29) is 0 Å². The molecule has 0 radical (unpaired) electrons. The van der Waals surface area contributed by atoms with Crippen molar-refractivity contribution in [1.29, 1.82) is 0 Å². The zero-order valence-electron chi connectivity index (χ0n) is 11.6. The summed E-state index contributed by atoms with van der Waals surface area (Å²) in [7, 11) is 2.22. The Labute approximate surface area is 124 Å². The van der Waals surface area contributed by atoms with Crippen LogP contribution in [0.1, 0.15) is 43.4 Å². The van der Waals surface area contributed by atoms with E-state index in [0.717, 1.165) is 12.1 Å². The summed E-state index contributed by atoms with van der Waals surface area (Å²) in [6, 6.07) is 1.04. The molecular formula is C13H23ClN2S2. The number of hydrogen-bond acceptors (Lipinski definition) is 4. The first-order valence-electron chi connectivity index (χ1n) is 6.38. The minimum atomic E-state index is 0.420. The highest BCUT2D eigenvalue weighted by Gasteiger charge is 2.23. The van der Waals surface area contributed by atoms with E-state index in [2.05, 4.69) is 42.4 Å². The van der Waals surface area contributed by atoms with Gasteiger partial charge in [0, 0.05) is 17.2 Å². The van der Waals surface area contributed by atoms with E-state index < -0.39 is 0 Å². The Morgan fingerprint density at radius 1 is 1.44 bits per heavy atom. The van der Waals surface area contributed by atoms with Crippen LogP contribution in [-0.4, -0.2) is 35.0 Å². The molecule has 0 aliphatic heterocycles. The molecule has 2 unspecified atom stereocenters. The van der Waals surface area contributed by atoms with Crippen LogP contribution >= 0.6 is 34.7 Å². The first-order valence-corrected chi connectivity index (χ1v) is 9.19. The van der Waals surface area contributed by atoms with E-state index in [9.17, 15) is 0 Å². The number of aromatic nitrogens is 1. The third-order valence-electron chi connectivity index (χ3n) is 3.28. The Morgan fingerprint density at radius 2 is 2.17 bits per heavy atom. The second-order valence-electron chi connectivity index (χ2n) is 4.42. The fraction of sp³-hybridized carbons (Fsp3) is 0.769. The number of halogens is 1. The fourth-order valence-electron chi connectivity index (χ4n) is 2.14. The van der Waals surface area contributed by atoms with Crippen LogP contribution in [0.25, 0.3) is 0 Å². The smallest absolute Gasteiger partial charge is 0.110 e. The molecule has 0 amide bonds. The van der Waals surface area contributed by atoms with Gasteiger partial charge in [-0.3, -0.25) is 4.90 Å². The molecule has 1 aromatic rings. The molecule has 5 heteroatoms. The normalized spacial score (nSPS) is 15.0. The number of nitrogens with zero attached hydrogens (tertiary/aromatic N) is 2. The third-order valence-corrected chi connectivity index (χ3v) is 5.26. The van der Waals surface area contributed by atoms with Gasteiger partial charge in [0.25, 0.3) is 0 Å². The Hall–Kier alpha value is 0.230. The van der Waals surface area contributed by atoms with Crippen molar-refractivity contribution in [2.75, 3.05) is 19.1 Å². The largest absolute Gasteiger partial charge is 0.293 e. The van der Waals surface area contributed by atoms with Crippen LogP contribution in [0.15, 0.2) is 5.38 Å². The van der Waals surface area contributed by atoms with E-state index in [0.29, 0.717) is 18.0 Å². The summed E-state index contributed by atoms with van der Waals surface area (Å²) < 4.78 is 0. The summed E-state index contributed by atoms with van der Waals surface area (Å²) in [5.41, 5.74) is 1.00. The molecule has 0 N–H and O–H groups in total. The third kappa shape index (κ3) is 4.12. The van der Waals surface area contributed by atoms with E-state index in [4.69, 9.17) is 11.6 Å². The molecule has 1 heterocycles. The molecule has 0 fully saturated rings. The second kappa shape index (κ2) is 8.41. The molecule has 104 valence electrons. The van der Waals surface area contributed by atoms with Crippen molar-refractivity contribution in [3.05, 3.63) is 16.1 Å².